The lowest BCUT2D eigenvalue weighted by atomic mass is 10.1. The van der Waals surface area contributed by atoms with Crippen molar-refractivity contribution in [3.8, 4) is 5.75 Å². The normalized spacial score (nSPS) is 14.3. The van der Waals surface area contributed by atoms with E-state index in [1.165, 1.54) is 17.5 Å². The van der Waals surface area contributed by atoms with Gasteiger partial charge >= 0.3 is 0 Å². The van der Waals surface area contributed by atoms with Crippen LogP contribution in [0.1, 0.15) is 30.4 Å². The molecular formula is C24H29N3OS2. The largest absolute Gasteiger partial charge is 0.458 e. The van der Waals surface area contributed by atoms with E-state index in [1.807, 2.05) is 37.4 Å². The van der Waals surface area contributed by atoms with Gasteiger partial charge in [0.05, 0.1) is 11.4 Å². The second-order valence-corrected chi connectivity index (χ2v) is 9.11. The van der Waals surface area contributed by atoms with Crippen molar-refractivity contribution >= 4 is 39.3 Å². The minimum absolute atomic E-state index is 0.824. The zero-order valence-electron chi connectivity index (χ0n) is 17.8. The lowest BCUT2D eigenvalue weighted by Gasteiger charge is -2.18. The average Bonchev–Trinajstić information content (AvgIpc) is 3.01. The van der Waals surface area contributed by atoms with E-state index in [2.05, 4.69) is 43.5 Å². The number of hydrogen-bond donors (Lipinski definition) is 1. The Labute approximate surface area is 188 Å². The summed E-state index contributed by atoms with van der Waals surface area (Å²) in [6, 6.07) is 14.2. The fourth-order valence-corrected chi connectivity index (χ4v) is 4.79. The molecule has 158 valence electrons. The fraction of sp³-hybridized carbons (Fsp3) is 0.292. The van der Waals surface area contributed by atoms with E-state index in [0.29, 0.717) is 0 Å². The van der Waals surface area contributed by atoms with Crippen LogP contribution in [0.2, 0.25) is 0 Å². The van der Waals surface area contributed by atoms with Crippen LogP contribution in [0, 0.1) is 6.92 Å². The number of aliphatic imine (C=N–C) groups is 1. The summed E-state index contributed by atoms with van der Waals surface area (Å²) in [5.74, 6) is 8.58. The smallest absolute Gasteiger partial charge is 0.130 e. The van der Waals surface area contributed by atoms with Crippen LogP contribution in [0.5, 0.6) is 5.75 Å². The zero-order valence-corrected chi connectivity index (χ0v) is 19.4. The van der Waals surface area contributed by atoms with E-state index in [9.17, 15) is 0 Å². The number of ether oxygens (including phenoxy) is 1. The third-order valence-electron chi connectivity index (χ3n) is 4.78. The minimum Gasteiger partial charge on any atom is -0.458 e. The summed E-state index contributed by atoms with van der Waals surface area (Å²) in [6.45, 7) is 2.12. The summed E-state index contributed by atoms with van der Waals surface area (Å²) in [4.78, 5) is 4.81. The number of thioether (sulfide) groups is 2. The van der Waals surface area contributed by atoms with Crippen molar-refractivity contribution in [2.24, 2.45) is 10.8 Å². The molecule has 6 heteroatoms. The Morgan fingerprint density at radius 3 is 2.70 bits per heavy atom. The molecule has 0 unspecified atom stereocenters. The van der Waals surface area contributed by atoms with Crippen molar-refractivity contribution in [2.45, 2.75) is 31.9 Å². The Morgan fingerprint density at radius 2 is 1.97 bits per heavy atom. The molecule has 2 aromatic carbocycles. The molecule has 0 spiro atoms. The highest BCUT2D eigenvalue weighted by atomic mass is 32.2. The van der Waals surface area contributed by atoms with Crippen LogP contribution in [0.15, 0.2) is 71.4 Å². The van der Waals surface area contributed by atoms with Crippen LogP contribution in [-0.4, -0.2) is 17.7 Å². The summed E-state index contributed by atoms with van der Waals surface area (Å²) in [5.41, 5.74) is 4.45. The molecule has 0 heterocycles. The van der Waals surface area contributed by atoms with E-state index in [1.54, 1.807) is 28.5 Å². The first-order valence-corrected chi connectivity index (χ1v) is 12.2. The molecule has 0 saturated heterocycles. The van der Waals surface area contributed by atoms with E-state index < -0.39 is 0 Å². The predicted octanol–water partition coefficient (Wildman–Crippen LogP) is 6.59. The molecule has 0 amide bonds. The van der Waals surface area contributed by atoms with Gasteiger partial charge in [0.1, 0.15) is 15.9 Å². The molecule has 0 saturated carbocycles. The molecule has 0 fully saturated rings. The number of anilines is 1. The Bertz CT molecular complexity index is 934. The van der Waals surface area contributed by atoms with E-state index in [0.717, 1.165) is 45.9 Å². The molecule has 0 bridgehead atoms. The third kappa shape index (κ3) is 6.42. The Balaban J connectivity index is 1.67. The Hall–Kier alpha value is -2.15. The Morgan fingerprint density at radius 1 is 1.17 bits per heavy atom. The molecule has 0 aromatic heterocycles. The molecule has 2 aromatic rings. The van der Waals surface area contributed by atoms with Crippen molar-refractivity contribution in [3.63, 3.8) is 0 Å². The molecule has 0 aliphatic heterocycles. The maximum Gasteiger partial charge on any atom is 0.130 e. The number of hydrazine groups is 1. The molecule has 1 aliphatic rings. The highest BCUT2D eigenvalue weighted by molar-refractivity contribution is 8.38. The van der Waals surface area contributed by atoms with Gasteiger partial charge in [-0.05, 0) is 86.1 Å². The first-order chi connectivity index (χ1) is 14.6. The predicted molar refractivity (Wildman–Crippen MR) is 134 cm³/mol. The lowest BCUT2D eigenvalue weighted by molar-refractivity contribution is 0.442. The van der Waals surface area contributed by atoms with Gasteiger partial charge in [-0.1, -0.05) is 30.0 Å². The second kappa shape index (κ2) is 11.3. The van der Waals surface area contributed by atoms with Gasteiger partial charge in [-0.15, -0.1) is 11.8 Å². The molecule has 3 rings (SSSR count). The number of rotatable bonds is 6. The summed E-state index contributed by atoms with van der Waals surface area (Å²) in [7, 11) is 1.87. The van der Waals surface area contributed by atoms with Gasteiger partial charge in [0.15, 0.2) is 0 Å². The number of allylic oxidation sites excluding steroid dienone is 3. The van der Waals surface area contributed by atoms with Crippen molar-refractivity contribution in [2.75, 3.05) is 18.3 Å². The molecule has 1 aliphatic carbocycles. The molecule has 4 nitrogen and oxygen atoms in total. The van der Waals surface area contributed by atoms with Crippen LogP contribution in [0.25, 0.3) is 0 Å². The Kier molecular flexibility index (Phi) is 8.49. The van der Waals surface area contributed by atoms with Crippen LogP contribution in [0.4, 0.5) is 11.4 Å². The van der Waals surface area contributed by atoms with E-state index in [-0.39, 0.29) is 0 Å². The molecular weight excluding hydrogens is 410 g/mol. The van der Waals surface area contributed by atoms with Gasteiger partial charge in [-0.3, -0.25) is 0 Å². The summed E-state index contributed by atoms with van der Waals surface area (Å²) < 4.78 is 6.99. The number of hydrogen-bond acceptors (Lipinski definition) is 6. The van der Waals surface area contributed by atoms with Gasteiger partial charge in [-0.2, -0.15) is 0 Å². The van der Waals surface area contributed by atoms with Crippen LogP contribution in [0.3, 0.4) is 0 Å². The maximum atomic E-state index is 6.00. The number of nitrogens with two attached hydrogens (primary N) is 1. The van der Waals surface area contributed by atoms with Crippen molar-refractivity contribution in [3.05, 3.63) is 77.6 Å². The number of benzene rings is 2. The van der Waals surface area contributed by atoms with Crippen molar-refractivity contribution in [1.82, 2.24) is 0 Å². The minimum atomic E-state index is 0.824. The zero-order chi connectivity index (χ0) is 21.3. The second-order valence-electron chi connectivity index (χ2n) is 7.09. The first-order valence-electron chi connectivity index (χ1n) is 10.0. The van der Waals surface area contributed by atoms with E-state index >= 15 is 0 Å². The average molecular weight is 440 g/mol. The quantitative estimate of drug-likeness (QED) is 0.238. The SMILES string of the molecule is CS/C(=N/c1ccc(OC2=CCCCC=C2)cc1)SCc1c(C)cccc1N(C)N. The standard InChI is InChI=1S/C24H29N3OS2/c1-18-9-8-12-23(27(2)25)22(18)17-30-24(29-3)26-19-13-15-21(16-14-19)28-20-10-6-4-5-7-11-20/h6,8-16H,4-5,7,17,25H2,1-3H3/b26-24-. The summed E-state index contributed by atoms with van der Waals surface area (Å²) in [5, 5.41) is 1.68. The van der Waals surface area contributed by atoms with Gasteiger partial charge in [-0.25, -0.2) is 10.8 Å². The van der Waals surface area contributed by atoms with Crippen LogP contribution < -0.4 is 15.6 Å². The van der Waals surface area contributed by atoms with Gasteiger partial charge in [0.2, 0.25) is 0 Å². The van der Waals surface area contributed by atoms with Gasteiger partial charge in [0, 0.05) is 12.8 Å². The third-order valence-corrected chi connectivity index (χ3v) is 6.84. The fourth-order valence-electron chi connectivity index (χ4n) is 3.13. The van der Waals surface area contributed by atoms with Gasteiger partial charge < -0.3 is 9.75 Å². The van der Waals surface area contributed by atoms with Crippen molar-refractivity contribution < 1.29 is 4.74 Å². The van der Waals surface area contributed by atoms with Crippen LogP contribution >= 0.6 is 23.5 Å². The molecule has 0 atom stereocenters. The summed E-state index contributed by atoms with van der Waals surface area (Å²) >= 11 is 3.39. The molecule has 2 N–H and O–H groups in total. The van der Waals surface area contributed by atoms with Crippen LogP contribution in [-0.2, 0) is 5.75 Å². The monoisotopic (exact) mass is 439 g/mol. The highest BCUT2D eigenvalue weighted by Gasteiger charge is 2.10. The number of aryl methyl sites for hydroxylation is 1. The van der Waals surface area contributed by atoms with Gasteiger partial charge in [0.25, 0.3) is 0 Å². The molecule has 30 heavy (non-hydrogen) atoms. The number of nitrogens with zero attached hydrogens (tertiary/aromatic N) is 2. The first kappa shape index (κ1) is 22.5. The maximum absolute atomic E-state index is 6.00. The van der Waals surface area contributed by atoms with E-state index in [4.69, 9.17) is 15.6 Å². The lowest BCUT2D eigenvalue weighted by Crippen LogP contribution is -2.26. The molecule has 0 radical (unpaired) electrons. The van der Waals surface area contributed by atoms with Crippen molar-refractivity contribution in [1.29, 1.82) is 0 Å². The summed E-state index contributed by atoms with van der Waals surface area (Å²) in [6.07, 6.45) is 11.8. The topological polar surface area (TPSA) is 50.8 Å². The highest BCUT2D eigenvalue weighted by Crippen LogP contribution is 2.30.